The molecule has 114 valence electrons. The normalized spacial score (nSPS) is 20.1. The Morgan fingerprint density at radius 2 is 2.10 bits per heavy atom. The maximum atomic E-state index is 12.2. The highest BCUT2D eigenvalue weighted by Gasteiger charge is 2.33. The summed E-state index contributed by atoms with van der Waals surface area (Å²) in [7, 11) is 2.68. The van der Waals surface area contributed by atoms with Gasteiger partial charge in [-0.15, -0.1) is 0 Å². The quantitative estimate of drug-likeness (QED) is 0.574. The molecule has 0 bridgehead atoms. The minimum Gasteiger partial charge on any atom is -0.467 e. The second kappa shape index (κ2) is 7.81. The lowest BCUT2D eigenvalue weighted by Crippen LogP contribution is -2.61. The first kappa shape index (κ1) is 16.4. The van der Waals surface area contributed by atoms with Crippen LogP contribution in [0.4, 0.5) is 0 Å². The first-order valence-corrected chi connectivity index (χ1v) is 6.38. The number of ether oxygens (including phenoxy) is 2. The zero-order chi connectivity index (χ0) is 15.1. The van der Waals surface area contributed by atoms with E-state index in [-0.39, 0.29) is 18.4 Å². The van der Waals surface area contributed by atoms with Gasteiger partial charge in [-0.2, -0.15) is 0 Å². The van der Waals surface area contributed by atoms with Crippen molar-refractivity contribution in [1.29, 1.82) is 0 Å². The molecule has 1 fully saturated rings. The minimum absolute atomic E-state index is 0.0731. The van der Waals surface area contributed by atoms with Crippen molar-refractivity contribution in [3.63, 3.8) is 0 Å². The molecule has 1 saturated heterocycles. The average molecular weight is 287 g/mol. The lowest BCUT2D eigenvalue weighted by molar-refractivity contribution is -0.147. The molecule has 8 heteroatoms. The van der Waals surface area contributed by atoms with E-state index in [1.165, 1.54) is 26.0 Å². The second-order valence-corrected chi connectivity index (χ2v) is 4.49. The fraction of sp³-hybridized carbons (Fsp3) is 0.750. The first-order valence-electron chi connectivity index (χ1n) is 6.38. The van der Waals surface area contributed by atoms with Gasteiger partial charge >= 0.3 is 5.97 Å². The van der Waals surface area contributed by atoms with Crippen LogP contribution in [0.2, 0.25) is 0 Å². The molecule has 2 amide bonds. The molecule has 0 aromatic rings. The highest BCUT2D eigenvalue weighted by molar-refractivity contribution is 5.91. The van der Waals surface area contributed by atoms with Gasteiger partial charge in [0.25, 0.3) is 0 Å². The zero-order valence-corrected chi connectivity index (χ0v) is 12.0. The first-order chi connectivity index (χ1) is 9.51. The highest BCUT2D eigenvalue weighted by Crippen LogP contribution is 2.05. The lowest BCUT2D eigenvalue weighted by Gasteiger charge is -2.35. The molecule has 1 aliphatic heterocycles. The van der Waals surface area contributed by atoms with Crippen LogP contribution in [0.25, 0.3) is 0 Å². The number of nitrogens with zero attached hydrogens (tertiary/aromatic N) is 1. The van der Waals surface area contributed by atoms with Crippen molar-refractivity contribution < 1.29 is 23.9 Å². The van der Waals surface area contributed by atoms with E-state index < -0.39 is 18.1 Å². The van der Waals surface area contributed by atoms with Crippen molar-refractivity contribution in [2.75, 3.05) is 40.5 Å². The molecule has 1 heterocycles. The smallest absolute Gasteiger partial charge is 0.328 e. The number of hydrogen-bond acceptors (Lipinski definition) is 6. The number of amides is 2. The van der Waals surface area contributed by atoms with E-state index in [9.17, 15) is 14.4 Å². The van der Waals surface area contributed by atoms with Crippen LogP contribution >= 0.6 is 0 Å². The van der Waals surface area contributed by atoms with Crippen molar-refractivity contribution >= 4 is 17.8 Å². The summed E-state index contributed by atoms with van der Waals surface area (Å²) in [6.45, 7) is 2.84. The van der Waals surface area contributed by atoms with E-state index in [0.717, 1.165) is 0 Å². The fourth-order valence-corrected chi connectivity index (χ4v) is 1.99. The molecule has 2 atom stereocenters. The van der Waals surface area contributed by atoms with Crippen LogP contribution in [-0.2, 0) is 23.9 Å². The van der Waals surface area contributed by atoms with Gasteiger partial charge in [-0.25, -0.2) is 4.79 Å². The molecule has 2 N–H and O–H groups in total. The van der Waals surface area contributed by atoms with Crippen LogP contribution in [0.3, 0.4) is 0 Å². The fourth-order valence-electron chi connectivity index (χ4n) is 1.99. The van der Waals surface area contributed by atoms with Gasteiger partial charge in [0.15, 0.2) is 0 Å². The number of esters is 1. The molecule has 0 aromatic heterocycles. The lowest BCUT2D eigenvalue weighted by atomic mass is 10.1. The molecule has 8 nitrogen and oxygen atoms in total. The van der Waals surface area contributed by atoms with E-state index in [2.05, 4.69) is 15.4 Å². The van der Waals surface area contributed by atoms with Gasteiger partial charge in [0.2, 0.25) is 11.8 Å². The van der Waals surface area contributed by atoms with E-state index in [0.29, 0.717) is 19.6 Å². The van der Waals surface area contributed by atoms with E-state index in [1.54, 1.807) is 0 Å². The summed E-state index contributed by atoms with van der Waals surface area (Å²) >= 11 is 0. The molecule has 2 unspecified atom stereocenters. The molecular formula is C12H21N3O5. The van der Waals surface area contributed by atoms with Crippen LogP contribution in [0.1, 0.15) is 6.92 Å². The molecule has 0 radical (unpaired) electrons. The van der Waals surface area contributed by atoms with Crippen molar-refractivity contribution in [3.8, 4) is 0 Å². The van der Waals surface area contributed by atoms with E-state index in [1.807, 2.05) is 0 Å². The summed E-state index contributed by atoms with van der Waals surface area (Å²) in [6.07, 6.45) is 0. The molecule has 20 heavy (non-hydrogen) atoms. The summed E-state index contributed by atoms with van der Waals surface area (Å²) in [5.41, 5.74) is 0. The summed E-state index contributed by atoms with van der Waals surface area (Å²) < 4.78 is 9.35. The van der Waals surface area contributed by atoms with Gasteiger partial charge in [0, 0.05) is 26.7 Å². The Morgan fingerprint density at radius 1 is 1.40 bits per heavy atom. The predicted molar refractivity (Wildman–Crippen MR) is 69.9 cm³/mol. The van der Waals surface area contributed by atoms with Crippen LogP contribution in [-0.4, -0.2) is 75.2 Å². The largest absolute Gasteiger partial charge is 0.467 e. The zero-order valence-electron chi connectivity index (χ0n) is 12.0. The van der Waals surface area contributed by atoms with Crippen LogP contribution in [0, 0.1) is 0 Å². The number of carbonyl (C=O) groups excluding carboxylic acids is 3. The number of piperazine rings is 1. The summed E-state index contributed by atoms with van der Waals surface area (Å²) in [5, 5.41) is 5.59. The third-order valence-corrected chi connectivity index (χ3v) is 3.05. The summed E-state index contributed by atoms with van der Waals surface area (Å²) in [5.74, 6) is -1.17. The monoisotopic (exact) mass is 287 g/mol. The van der Waals surface area contributed by atoms with Gasteiger partial charge in [-0.05, 0) is 6.92 Å². The summed E-state index contributed by atoms with van der Waals surface area (Å²) in [4.78, 5) is 36.8. The minimum atomic E-state index is -0.756. The van der Waals surface area contributed by atoms with Crippen LogP contribution < -0.4 is 10.6 Å². The number of rotatable bonds is 5. The Morgan fingerprint density at radius 3 is 2.70 bits per heavy atom. The van der Waals surface area contributed by atoms with E-state index in [4.69, 9.17) is 4.74 Å². The third kappa shape index (κ3) is 4.17. The van der Waals surface area contributed by atoms with Crippen LogP contribution in [0.15, 0.2) is 0 Å². The Balaban J connectivity index is 2.67. The predicted octanol–water partition coefficient (Wildman–Crippen LogP) is -1.89. The SMILES string of the molecule is COCC(=O)N1CCNCC1C(=O)NC(C)C(=O)OC. The number of hydrogen-bond donors (Lipinski definition) is 2. The molecular weight excluding hydrogens is 266 g/mol. The molecule has 1 rings (SSSR count). The second-order valence-electron chi connectivity index (χ2n) is 4.49. The van der Waals surface area contributed by atoms with Gasteiger partial charge in [0.05, 0.1) is 7.11 Å². The number of methoxy groups -OCH3 is 2. The molecule has 0 saturated carbocycles. The van der Waals surface area contributed by atoms with Gasteiger partial charge < -0.3 is 25.0 Å². The van der Waals surface area contributed by atoms with Gasteiger partial charge in [0.1, 0.15) is 18.7 Å². The molecule has 1 aliphatic rings. The average Bonchev–Trinajstić information content (AvgIpc) is 2.46. The maximum absolute atomic E-state index is 12.2. The van der Waals surface area contributed by atoms with Crippen molar-refractivity contribution in [3.05, 3.63) is 0 Å². The molecule has 0 aliphatic carbocycles. The van der Waals surface area contributed by atoms with E-state index >= 15 is 0 Å². The Labute approximate surface area is 117 Å². The highest BCUT2D eigenvalue weighted by atomic mass is 16.5. The third-order valence-electron chi connectivity index (χ3n) is 3.05. The van der Waals surface area contributed by atoms with Crippen molar-refractivity contribution in [2.24, 2.45) is 0 Å². The van der Waals surface area contributed by atoms with Crippen molar-refractivity contribution in [1.82, 2.24) is 15.5 Å². The topological polar surface area (TPSA) is 97.0 Å². The maximum Gasteiger partial charge on any atom is 0.328 e. The van der Waals surface area contributed by atoms with Gasteiger partial charge in [-0.1, -0.05) is 0 Å². The Bertz CT molecular complexity index is 374. The van der Waals surface area contributed by atoms with Crippen molar-refractivity contribution in [2.45, 2.75) is 19.0 Å². The number of carbonyl (C=O) groups is 3. The molecule has 0 aromatic carbocycles. The Hall–Kier alpha value is -1.67. The Kier molecular flexibility index (Phi) is 6.40. The van der Waals surface area contributed by atoms with Gasteiger partial charge in [-0.3, -0.25) is 9.59 Å². The molecule has 0 spiro atoms. The van der Waals surface area contributed by atoms with Crippen LogP contribution in [0.5, 0.6) is 0 Å². The standard InChI is InChI=1S/C12H21N3O5/c1-8(12(18)20-3)14-11(17)9-6-13-4-5-15(9)10(16)7-19-2/h8-9,13H,4-7H2,1-3H3,(H,14,17). The number of nitrogens with one attached hydrogen (secondary N) is 2. The summed E-state index contributed by atoms with van der Waals surface area (Å²) in [6, 6.07) is -1.41.